The Kier molecular flexibility index (Phi) is 1.38. The van der Waals surface area contributed by atoms with E-state index >= 15 is 0 Å². The molecule has 0 N–H and O–H groups in total. The Bertz CT molecular complexity index is 460. The van der Waals surface area contributed by atoms with Crippen LogP contribution in [0.5, 0.6) is 0 Å². The van der Waals surface area contributed by atoms with Gasteiger partial charge in [0, 0.05) is 11.7 Å². The smallest absolute Gasteiger partial charge is 0.124 e. The van der Waals surface area contributed by atoms with E-state index in [1.807, 2.05) is 35.7 Å². The van der Waals surface area contributed by atoms with Gasteiger partial charge in [0.05, 0.1) is 0 Å². The SMILES string of the molecule is Cc1ccn2c(C#N)ccc2c1. The molecule has 0 atom stereocenters. The summed E-state index contributed by atoms with van der Waals surface area (Å²) >= 11 is 0. The highest BCUT2D eigenvalue weighted by Crippen LogP contribution is 2.10. The molecule has 0 aliphatic carbocycles. The zero-order valence-corrected chi connectivity index (χ0v) is 6.78. The summed E-state index contributed by atoms with van der Waals surface area (Å²) < 4.78 is 1.88. The Morgan fingerprint density at radius 1 is 1.33 bits per heavy atom. The maximum absolute atomic E-state index is 8.72. The van der Waals surface area contributed by atoms with Crippen LogP contribution in [0.2, 0.25) is 0 Å². The van der Waals surface area contributed by atoms with Crippen molar-refractivity contribution in [3.05, 3.63) is 41.7 Å². The van der Waals surface area contributed by atoms with Gasteiger partial charge < -0.3 is 4.40 Å². The lowest BCUT2D eigenvalue weighted by atomic mass is 10.3. The van der Waals surface area contributed by atoms with E-state index in [9.17, 15) is 0 Å². The fourth-order valence-corrected chi connectivity index (χ4v) is 1.31. The first-order valence-electron chi connectivity index (χ1n) is 3.79. The molecule has 0 saturated heterocycles. The minimum absolute atomic E-state index is 0.685. The van der Waals surface area contributed by atoms with E-state index < -0.39 is 0 Å². The van der Waals surface area contributed by atoms with E-state index in [1.54, 1.807) is 0 Å². The van der Waals surface area contributed by atoms with Gasteiger partial charge in [0.15, 0.2) is 0 Å². The third kappa shape index (κ3) is 0.876. The van der Waals surface area contributed by atoms with Crippen LogP contribution in [-0.2, 0) is 0 Å². The predicted octanol–water partition coefficient (Wildman–Crippen LogP) is 2.12. The maximum Gasteiger partial charge on any atom is 0.124 e. The first-order valence-corrected chi connectivity index (χ1v) is 3.79. The maximum atomic E-state index is 8.72. The highest BCUT2D eigenvalue weighted by molar-refractivity contribution is 5.53. The van der Waals surface area contributed by atoms with E-state index in [0.29, 0.717) is 5.69 Å². The molecule has 0 saturated carbocycles. The molecule has 0 aliphatic rings. The highest BCUT2D eigenvalue weighted by atomic mass is 14.9. The van der Waals surface area contributed by atoms with Gasteiger partial charge in [-0.15, -0.1) is 0 Å². The first-order chi connectivity index (χ1) is 5.81. The Morgan fingerprint density at radius 2 is 2.17 bits per heavy atom. The van der Waals surface area contributed by atoms with E-state index in [4.69, 9.17) is 5.26 Å². The zero-order chi connectivity index (χ0) is 8.55. The van der Waals surface area contributed by atoms with Crippen LogP contribution in [0.1, 0.15) is 11.3 Å². The molecule has 2 aromatic rings. The second-order valence-corrected chi connectivity index (χ2v) is 2.83. The predicted molar refractivity (Wildman–Crippen MR) is 46.8 cm³/mol. The quantitative estimate of drug-likeness (QED) is 0.574. The minimum Gasteiger partial charge on any atom is -0.308 e. The van der Waals surface area contributed by atoms with Crippen molar-refractivity contribution < 1.29 is 0 Å². The van der Waals surface area contributed by atoms with Gasteiger partial charge >= 0.3 is 0 Å². The number of hydrogen-bond acceptors (Lipinski definition) is 1. The van der Waals surface area contributed by atoms with Gasteiger partial charge in [-0.25, -0.2) is 0 Å². The summed E-state index contributed by atoms with van der Waals surface area (Å²) in [6, 6.07) is 9.96. The molecule has 58 valence electrons. The molecule has 0 unspecified atom stereocenters. The van der Waals surface area contributed by atoms with Crippen molar-refractivity contribution in [1.82, 2.24) is 4.40 Å². The molecule has 12 heavy (non-hydrogen) atoms. The fraction of sp³-hybridized carbons (Fsp3) is 0.100. The number of nitriles is 1. The van der Waals surface area contributed by atoms with Gasteiger partial charge in [-0.3, -0.25) is 0 Å². The summed E-state index contributed by atoms with van der Waals surface area (Å²) in [6.07, 6.45) is 1.92. The van der Waals surface area contributed by atoms with Gasteiger partial charge in [0.25, 0.3) is 0 Å². The summed E-state index contributed by atoms with van der Waals surface area (Å²) in [7, 11) is 0. The molecule has 0 aromatic carbocycles. The lowest BCUT2D eigenvalue weighted by Gasteiger charge is -1.96. The van der Waals surface area contributed by atoms with E-state index in [0.717, 1.165) is 5.52 Å². The molecule has 0 aliphatic heterocycles. The van der Waals surface area contributed by atoms with Crippen LogP contribution < -0.4 is 0 Å². The standard InChI is InChI=1S/C10H8N2/c1-8-4-5-12-9(6-8)2-3-10(12)7-11/h2-6H,1H3. The number of aromatic nitrogens is 1. The van der Waals surface area contributed by atoms with Gasteiger partial charge in [-0.2, -0.15) is 5.26 Å². The lowest BCUT2D eigenvalue weighted by molar-refractivity contribution is 1.15. The average Bonchev–Trinajstić information content (AvgIpc) is 2.46. The molecule has 2 heteroatoms. The molecule has 0 bridgehead atoms. The van der Waals surface area contributed by atoms with E-state index in [2.05, 4.69) is 12.1 Å². The molecule has 0 radical (unpaired) electrons. The van der Waals surface area contributed by atoms with Crippen molar-refractivity contribution in [2.45, 2.75) is 6.92 Å². The second kappa shape index (κ2) is 2.38. The Labute approximate surface area is 70.7 Å². The average molecular weight is 156 g/mol. The van der Waals surface area contributed by atoms with Crippen LogP contribution in [0.15, 0.2) is 30.5 Å². The summed E-state index contributed by atoms with van der Waals surface area (Å²) in [5, 5.41) is 8.72. The summed E-state index contributed by atoms with van der Waals surface area (Å²) in [5.41, 5.74) is 2.97. The number of fused-ring (bicyclic) bond motifs is 1. The van der Waals surface area contributed by atoms with Crippen molar-refractivity contribution in [3.63, 3.8) is 0 Å². The first kappa shape index (κ1) is 6.93. The van der Waals surface area contributed by atoms with Crippen molar-refractivity contribution >= 4 is 5.52 Å². The van der Waals surface area contributed by atoms with Gasteiger partial charge in [-0.05, 0) is 36.8 Å². The molecule has 2 heterocycles. The lowest BCUT2D eigenvalue weighted by Crippen LogP contribution is -1.86. The molecular formula is C10H8N2. The third-order valence-electron chi connectivity index (χ3n) is 1.93. The Hall–Kier alpha value is -1.75. The number of aryl methyl sites for hydroxylation is 1. The Morgan fingerprint density at radius 3 is 2.92 bits per heavy atom. The number of rotatable bonds is 0. The van der Waals surface area contributed by atoms with Crippen molar-refractivity contribution in [2.24, 2.45) is 0 Å². The van der Waals surface area contributed by atoms with Crippen LogP contribution in [0.4, 0.5) is 0 Å². The van der Waals surface area contributed by atoms with Gasteiger partial charge in [0.2, 0.25) is 0 Å². The molecule has 0 spiro atoms. The second-order valence-electron chi connectivity index (χ2n) is 2.83. The van der Waals surface area contributed by atoms with E-state index in [1.165, 1.54) is 5.56 Å². The monoisotopic (exact) mass is 156 g/mol. The third-order valence-corrected chi connectivity index (χ3v) is 1.93. The molecule has 0 fully saturated rings. The van der Waals surface area contributed by atoms with Gasteiger partial charge in [-0.1, -0.05) is 0 Å². The number of pyridine rings is 1. The van der Waals surface area contributed by atoms with Crippen molar-refractivity contribution in [1.29, 1.82) is 5.26 Å². The fourth-order valence-electron chi connectivity index (χ4n) is 1.31. The molecule has 2 rings (SSSR count). The van der Waals surface area contributed by atoms with Crippen LogP contribution in [-0.4, -0.2) is 4.40 Å². The molecular weight excluding hydrogens is 148 g/mol. The molecule has 0 amide bonds. The van der Waals surface area contributed by atoms with Crippen LogP contribution >= 0.6 is 0 Å². The normalized spacial score (nSPS) is 10.0. The zero-order valence-electron chi connectivity index (χ0n) is 6.78. The largest absolute Gasteiger partial charge is 0.308 e. The topological polar surface area (TPSA) is 28.2 Å². The summed E-state index contributed by atoms with van der Waals surface area (Å²) in [4.78, 5) is 0. The Balaban J connectivity index is 2.84. The number of nitrogens with zero attached hydrogens (tertiary/aromatic N) is 2. The summed E-state index contributed by atoms with van der Waals surface area (Å²) in [5.74, 6) is 0. The van der Waals surface area contributed by atoms with Crippen molar-refractivity contribution in [2.75, 3.05) is 0 Å². The van der Waals surface area contributed by atoms with Crippen molar-refractivity contribution in [3.8, 4) is 6.07 Å². The van der Waals surface area contributed by atoms with Crippen LogP contribution in [0.3, 0.4) is 0 Å². The highest BCUT2D eigenvalue weighted by Gasteiger charge is 1.98. The summed E-state index contributed by atoms with van der Waals surface area (Å²) in [6.45, 7) is 2.04. The van der Waals surface area contributed by atoms with Crippen LogP contribution in [0.25, 0.3) is 5.52 Å². The molecule has 2 nitrogen and oxygen atoms in total. The minimum atomic E-state index is 0.685. The number of hydrogen-bond donors (Lipinski definition) is 0. The van der Waals surface area contributed by atoms with Gasteiger partial charge in [0.1, 0.15) is 11.8 Å². The van der Waals surface area contributed by atoms with E-state index in [-0.39, 0.29) is 0 Å². The van der Waals surface area contributed by atoms with Crippen LogP contribution in [0, 0.1) is 18.3 Å². The molecule has 2 aromatic heterocycles.